The molecule has 6 nitrogen and oxygen atoms in total. The number of rotatable bonds is 2. The first kappa shape index (κ1) is 12.8. The Morgan fingerprint density at radius 2 is 2.20 bits per heavy atom. The van der Waals surface area contributed by atoms with Gasteiger partial charge in [0.15, 0.2) is 5.58 Å². The Bertz CT molecular complexity index is 859. The number of hydrogen-bond donors (Lipinski definition) is 1. The summed E-state index contributed by atoms with van der Waals surface area (Å²) in [5.41, 5.74) is 8.94. The quantitative estimate of drug-likeness (QED) is 0.732. The van der Waals surface area contributed by atoms with Gasteiger partial charge in [-0.2, -0.15) is 5.10 Å². The van der Waals surface area contributed by atoms with Gasteiger partial charge in [-0.3, -0.25) is 9.25 Å². The van der Waals surface area contributed by atoms with Crippen molar-refractivity contribution < 1.29 is 4.42 Å². The molecule has 0 bridgehead atoms. The smallest absolute Gasteiger partial charge is 0.408 e. The van der Waals surface area contributed by atoms with E-state index in [9.17, 15) is 4.79 Å². The Labute approximate surface area is 119 Å². The third-order valence-electron chi connectivity index (χ3n) is 3.26. The molecule has 0 saturated carbocycles. The fourth-order valence-corrected chi connectivity index (χ4v) is 2.45. The minimum atomic E-state index is -0.444. The minimum Gasteiger partial charge on any atom is -0.408 e. The molecule has 20 heavy (non-hydrogen) atoms. The van der Waals surface area contributed by atoms with E-state index in [1.807, 2.05) is 6.92 Å². The molecular weight excluding hydrogens is 280 g/mol. The predicted octanol–water partition coefficient (Wildman–Crippen LogP) is 1.92. The Hall–Kier alpha value is -2.21. The molecule has 3 aromatic rings. The van der Waals surface area contributed by atoms with E-state index in [1.165, 1.54) is 4.57 Å². The average molecular weight is 293 g/mol. The lowest BCUT2D eigenvalue weighted by atomic mass is 10.3. The third kappa shape index (κ3) is 1.89. The molecule has 0 fully saturated rings. The maximum Gasteiger partial charge on any atom is 0.420 e. The number of halogens is 1. The Kier molecular flexibility index (Phi) is 2.83. The summed E-state index contributed by atoms with van der Waals surface area (Å²) in [6.07, 6.45) is 0. The number of aromatic nitrogens is 3. The second-order valence-corrected chi connectivity index (χ2v) is 5.03. The van der Waals surface area contributed by atoms with Gasteiger partial charge in [0, 0.05) is 12.7 Å². The largest absolute Gasteiger partial charge is 0.420 e. The van der Waals surface area contributed by atoms with Gasteiger partial charge < -0.3 is 10.2 Å². The van der Waals surface area contributed by atoms with E-state index < -0.39 is 5.76 Å². The lowest BCUT2D eigenvalue weighted by molar-refractivity contribution is 0.511. The standard InChI is InChI=1S/C13H13ClN4O2/c1-7-12(14)10(17(2)16-7)6-18-9-5-8(15)3-4-11(9)20-13(18)19/h3-5H,6,15H2,1-2H3. The number of aryl methyl sites for hydroxylation is 2. The molecule has 3 rings (SSSR count). The SMILES string of the molecule is Cc1nn(C)c(Cn2c(=O)oc3ccc(N)cc32)c1Cl. The first-order valence-corrected chi connectivity index (χ1v) is 6.42. The topological polar surface area (TPSA) is 79.0 Å². The van der Waals surface area contributed by atoms with Crippen molar-refractivity contribution in [1.29, 1.82) is 0 Å². The summed E-state index contributed by atoms with van der Waals surface area (Å²) in [6.45, 7) is 2.10. The molecule has 0 aliphatic rings. The van der Waals surface area contributed by atoms with Crippen LogP contribution in [0.15, 0.2) is 27.4 Å². The molecule has 0 unspecified atom stereocenters. The predicted molar refractivity (Wildman–Crippen MR) is 76.9 cm³/mol. The highest BCUT2D eigenvalue weighted by Gasteiger charge is 2.16. The summed E-state index contributed by atoms with van der Waals surface area (Å²) in [4.78, 5) is 12.0. The van der Waals surface area contributed by atoms with Crippen LogP contribution in [0.5, 0.6) is 0 Å². The molecule has 7 heteroatoms. The molecule has 2 aromatic heterocycles. The Morgan fingerprint density at radius 3 is 2.85 bits per heavy atom. The zero-order valence-corrected chi connectivity index (χ0v) is 11.8. The maximum atomic E-state index is 12.0. The monoisotopic (exact) mass is 292 g/mol. The van der Waals surface area contributed by atoms with Crippen LogP contribution in [0.1, 0.15) is 11.4 Å². The zero-order valence-electron chi connectivity index (χ0n) is 11.1. The highest BCUT2D eigenvalue weighted by Crippen LogP contribution is 2.22. The normalized spacial score (nSPS) is 11.3. The molecule has 0 radical (unpaired) electrons. The third-order valence-corrected chi connectivity index (χ3v) is 3.75. The van der Waals surface area contributed by atoms with Gasteiger partial charge in [-0.05, 0) is 25.1 Å². The summed E-state index contributed by atoms with van der Waals surface area (Å²) >= 11 is 6.21. The Balaban J connectivity index is 2.17. The van der Waals surface area contributed by atoms with Crippen LogP contribution >= 0.6 is 11.6 Å². The molecule has 0 aliphatic carbocycles. The molecule has 1 aromatic carbocycles. The first-order chi connectivity index (χ1) is 9.47. The van der Waals surface area contributed by atoms with Crippen molar-refractivity contribution in [3.63, 3.8) is 0 Å². The second-order valence-electron chi connectivity index (χ2n) is 4.65. The van der Waals surface area contributed by atoms with E-state index in [1.54, 1.807) is 29.9 Å². The molecule has 0 saturated heterocycles. The van der Waals surface area contributed by atoms with Crippen molar-refractivity contribution in [1.82, 2.24) is 14.3 Å². The summed E-state index contributed by atoms with van der Waals surface area (Å²) in [7, 11) is 1.79. The molecule has 2 heterocycles. The van der Waals surface area contributed by atoms with E-state index >= 15 is 0 Å². The number of benzene rings is 1. The number of nitrogens with two attached hydrogens (primary N) is 1. The van der Waals surface area contributed by atoms with Gasteiger partial charge in [-0.15, -0.1) is 0 Å². The maximum absolute atomic E-state index is 12.0. The summed E-state index contributed by atoms with van der Waals surface area (Å²) in [6, 6.07) is 5.08. The van der Waals surface area contributed by atoms with Crippen LogP contribution in [0, 0.1) is 6.92 Å². The van der Waals surface area contributed by atoms with Crippen molar-refractivity contribution in [2.75, 3.05) is 5.73 Å². The van der Waals surface area contributed by atoms with E-state index in [2.05, 4.69) is 5.10 Å². The molecule has 0 spiro atoms. The van der Waals surface area contributed by atoms with Crippen molar-refractivity contribution in [3.8, 4) is 0 Å². The molecule has 2 N–H and O–H groups in total. The first-order valence-electron chi connectivity index (χ1n) is 6.04. The van der Waals surface area contributed by atoms with Gasteiger partial charge in [0.2, 0.25) is 0 Å². The fraction of sp³-hybridized carbons (Fsp3) is 0.231. The summed E-state index contributed by atoms with van der Waals surface area (Å²) < 4.78 is 8.35. The number of nitrogens with zero attached hydrogens (tertiary/aromatic N) is 3. The van der Waals surface area contributed by atoms with Gasteiger partial charge >= 0.3 is 5.76 Å². The van der Waals surface area contributed by atoms with Crippen LogP contribution in [0.4, 0.5) is 5.69 Å². The highest BCUT2D eigenvalue weighted by molar-refractivity contribution is 6.31. The number of nitrogen functional groups attached to an aromatic ring is 1. The van der Waals surface area contributed by atoms with Crippen molar-refractivity contribution >= 4 is 28.4 Å². The van der Waals surface area contributed by atoms with Crippen molar-refractivity contribution in [2.24, 2.45) is 7.05 Å². The lowest BCUT2D eigenvalue weighted by Gasteiger charge is -2.04. The number of oxazole rings is 1. The molecule has 0 aliphatic heterocycles. The number of hydrogen-bond acceptors (Lipinski definition) is 4. The van der Waals surface area contributed by atoms with Crippen LogP contribution in [-0.2, 0) is 13.6 Å². The van der Waals surface area contributed by atoms with Crippen molar-refractivity contribution in [3.05, 3.63) is 45.2 Å². The van der Waals surface area contributed by atoms with Crippen molar-refractivity contribution in [2.45, 2.75) is 13.5 Å². The molecule has 0 atom stereocenters. The molecule has 104 valence electrons. The Morgan fingerprint density at radius 1 is 1.45 bits per heavy atom. The highest BCUT2D eigenvalue weighted by atomic mass is 35.5. The van der Waals surface area contributed by atoms with Gasteiger partial charge in [-0.25, -0.2) is 4.79 Å². The molecule has 0 amide bonds. The van der Waals surface area contributed by atoms with Gasteiger partial charge in [0.05, 0.1) is 28.5 Å². The van der Waals surface area contributed by atoms with Crippen LogP contribution in [-0.4, -0.2) is 14.3 Å². The van der Waals surface area contributed by atoms with Gasteiger partial charge in [0.25, 0.3) is 0 Å². The van der Waals surface area contributed by atoms with Crippen LogP contribution < -0.4 is 11.5 Å². The van der Waals surface area contributed by atoms with E-state index in [0.717, 1.165) is 11.4 Å². The number of anilines is 1. The minimum absolute atomic E-state index is 0.283. The fourth-order valence-electron chi connectivity index (χ4n) is 2.23. The number of fused-ring (bicyclic) bond motifs is 1. The van der Waals surface area contributed by atoms with Gasteiger partial charge in [-0.1, -0.05) is 11.6 Å². The zero-order chi connectivity index (χ0) is 14.4. The van der Waals surface area contributed by atoms with E-state index in [0.29, 0.717) is 21.8 Å². The second kappa shape index (κ2) is 4.42. The lowest BCUT2D eigenvalue weighted by Crippen LogP contribution is -2.17. The van der Waals surface area contributed by atoms with Crippen LogP contribution in [0.3, 0.4) is 0 Å². The van der Waals surface area contributed by atoms with Crippen LogP contribution in [0.25, 0.3) is 11.1 Å². The van der Waals surface area contributed by atoms with E-state index in [4.69, 9.17) is 21.8 Å². The summed E-state index contributed by atoms with van der Waals surface area (Å²) in [5.74, 6) is -0.444. The molecular formula is C13H13ClN4O2. The van der Waals surface area contributed by atoms with Gasteiger partial charge in [0.1, 0.15) is 0 Å². The average Bonchev–Trinajstić information content (AvgIpc) is 2.82. The summed E-state index contributed by atoms with van der Waals surface area (Å²) in [5, 5.41) is 4.79. The van der Waals surface area contributed by atoms with E-state index in [-0.39, 0.29) is 6.54 Å². The van der Waals surface area contributed by atoms with Crippen LogP contribution in [0.2, 0.25) is 5.02 Å².